The van der Waals surface area contributed by atoms with Crippen LogP contribution in [0.15, 0.2) is 60.9 Å². The highest BCUT2D eigenvalue weighted by Gasteiger charge is 2.07. The second-order valence-electron chi connectivity index (χ2n) is 4.90. The van der Waals surface area contributed by atoms with Crippen LogP contribution >= 0.6 is 0 Å². The molecule has 0 unspecified atom stereocenters. The van der Waals surface area contributed by atoms with Crippen LogP contribution in [0, 0.1) is 6.92 Å². The van der Waals surface area contributed by atoms with Crippen LogP contribution in [-0.2, 0) is 0 Å². The van der Waals surface area contributed by atoms with Crippen LogP contribution in [0.3, 0.4) is 0 Å². The number of carboxylic acids is 1. The first-order valence-corrected chi connectivity index (χ1v) is 6.59. The van der Waals surface area contributed by atoms with Gasteiger partial charge in [-0.2, -0.15) is 5.10 Å². The Kier molecular flexibility index (Phi) is 3.28. The van der Waals surface area contributed by atoms with Crippen LogP contribution in [0.4, 0.5) is 0 Å². The minimum atomic E-state index is -0.942. The second kappa shape index (κ2) is 5.25. The SMILES string of the molecule is Cc1ccc(-c2cnn(-c3cccc(C(=O)O)c3)c2)cc1. The molecule has 0 aliphatic heterocycles. The average Bonchev–Trinajstić information content (AvgIpc) is 2.98. The van der Waals surface area contributed by atoms with Crippen molar-refractivity contribution in [3.8, 4) is 16.8 Å². The smallest absolute Gasteiger partial charge is 0.335 e. The van der Waals surface area contributed by atoms with Crippen molar-refractivity contribution in [3.05, 3.63) is 72.1 Å². The maximum atomic E-state index is 11.0. The first-order chi connectivity index (χ1) is 10.1. The van der Waals surface area contributed by atoms with Crippen LogP contribution in [0.5, 0.6) is 0 Å². The summed E-state index contributed by atoms with van der Waals surface area (Å²) in [5.74, 6) is -0.942. The maximum absolute atomic E-state index is 11.0. The normalized spacial score (nSPS) is 10.5. The number of rotatable bonds is 3. The Morgan fingerprint density at radius 1 is 1.10 bits per heavy atom. The second-order valence-corrected chi connectivity index (χ2v) is 4.90. The van der Waals surface area contributed by atoms with Gasteiger partial charge in [-0.15, -0.1) is 0 Å². The van der Waals surface area contributed by atoms with Crippen LogP contribution in [0.25, 0.3) is 16.8 Å². The van der Waals surface area contributed by atoms with E-state index in [0.717, 1.165) is 16.8 Å². The molecule has 0 amide bonds. The summed E-state index contributed by atoms with van der Waals surface area (Å²) in [5, 5.41) is 13.3. The molecule has 4 nitrogen and oxygen atoms in total. The van der Waals surface area contributed by atoms with Gasteiger partial charge >= 0.3 is 5.97 Å². The van der Waals surface area contributed by atoms with Crippen molar-refractivity contribution < 1.29 is 9.90 Å². The quantitative estimate of drug-likeness (QED) is 0.797. The fourth-order valence-electron chi connectivity index (χ4n) is 2.14. The predicted molar refractivity (Wildman–Crippen MR) is 80.7 cm³/mol. The van der Waals surface area contributed by atoms with Gasteiger partial charge in [0.25, 0.3) is 0 Å². The molecule has 0 bridgehead atoms. The van der Waals surface area contributed by atoms with E-state index in [-0.39, 0.29) is 5.56 Å². The number of aryl methyl sites for hydroxylation is 1. The van der Waals surface area contributed by atoms with Crippen molar-refractivity contribution in [1.82, 2.24) is 9.78 Å². The van der Waals surface area contributed by atoms with Crippen molar-refractivity contribution in [2.75, 3.05) is 0 Å². The van der Waals surface area contributed by atoms with Crippen molar-refractivity contribution in [2.24, 2.45) is 0 Å². The lowest BCUT2D eigenvalue weighted by Gasteiger charge is -2.02. The molecule has 2 aromatic carbocycles. The van der Waals surface area contributed by atoms with Gasteiger partial charge in [0.15, 0.2) is 0 Å². The van der Waals surface area contributed by atoms with Gasteiger partial charge in [-0.1, -0.05) is 35.9 Å². The number of aromatic nitrogens is 2. The summed E-state index contributed by atoms with van der Waals surface area (Å²) in [5.41, 5.74) is 4.27. The van der Waals surface area contributed by atoms with Gasteiger partial charge in [-0.3, -0.25) is 0 Å². The Morgan fingerprint density at radius 2 is 1.86 bits per heavy atom. The van der Waals surface area contributed by atoms with Crippen molar-refractivity contribution in [3.63, 3.8) is 0 Å². The molecule has 3 aromatic rings. The van der Waals surface area contributed by atoms with E-state index in [1.807, 2.05) is 31.3 Å². The van der Waals surface area contributed by atoms with E-state index < -0.39 is 5.97 Å². The highest BCUT2D eigenvalue weighted by Crippen LogP contribution is 2.20. The molecule has 0 spiro atoms. The summed E-state index contributed by atoms with van der Waals surface area (Å²) in [6.45, 7) is 2.05. The van der Waals surface area contributed by atoms with E-state index in [2.05, 4.69) is 17.2 Å². The van der Waals surface area contributed by atoms with Gasteiger partial charge in [0.2, 0.25) is 0 Å². The molecule has 104 valence electrons. The number of carbonyl (C=O) groups is 1. The summed E-state index contributed by atoms with van der Waals surface area (Å²) >= 11 is 0. The molecule has 0 saturated heterocycles. The molecule has 0 atom stereocenters. The first kappa shape index (κ1) is 13.1. The third-order valence-electron chi connectivity index (χ3n) is 3.33. The maximum Gasteiger partial charge on any atom is 0.335 e. The molecule has 1 heterocycles. The van der Waals surface area contributed by atoms with Crippen molar-refractivity contribution in [2.45, 2.75) is 6.92 Å². The summed E-state index contributed by atoms with van der Waals surface area (Å²) in [6, 6.07) is 14.9. The van der Waals surface area contributed by atoms with Gasteiger partial charge in [0.1, 0.15) is 0 Å². The number of carboxylic acid groups (broad SMARTS) is 1. The number of aromatic carboxylic acids is 1. The highest BCUT2D eigenvalue weighted by molar-refractivity contribution is 5.88. The molecule has 1 N–H and O–H groups in total. The summed E-state index contributed by atoms with van der Waals surface area (Å²) in [6.07, 6.45) is 3.67. The van der Waals surface area contributed by atoms with E-state index in [0.29, 0.717) is 0 Å². The predicted octanol–water partition coefficient (Wildman–Crippen LogP) is 3.55. The Labute approximate surface area is 122 Å². The van der Waals surface area contributed by atoms with Gasteiger partial charge in [0.05, 0.1) is 17.4 Å². The zero-order valence-electron chi connectivity index (χ0n) is 11.5. The molecule has 0 saturated carbocycles. The molecule has 4 heteroatoms. The number of hydrogen-bond acceptors (Lipinski definition) is 2. The Bertz CT molecular complexity index is 789. The fourth-order valence-corrected chi connectivity index (χ4v) is 2.14. The fraction of sp³-hybridized carbons (Fsp3) is 0.0588. The minimum absolute atomic E-state index is 0.250. The summed E-state index contributed by atoms with van der Waals surface area (Å²) in [4.78, 5) is 11.0. The van der Waals surface area contributed by atoms with Crippen LogP contribution in [0.2, 0.25) is 0 Å². The monoisotopic (exact) mass is 278 g/mol. The van der Waals surface area contributed by atoms with Crippen LogP contribution < -0.4 is 0 Å². The standard InChI is InChI=1S/C17H14N2O2/c1-12-5-7-13(8-6-12)15-10-18-19(11-15)16-4-2-3-14(9-16)17(20)21/h2-11H,1H3,(H,20,21). The van der Waals surface area contributed by atoms with E-state index in [9.17, 15) is 4.79 Å². The van der Waals surface area contributed by atoms with Crippen LogP contribution in [0.1, 0.15) is 15.9 Å². The lowest BCUT2D eigenvalue weighted by Crippen LogP contribution is -1.99. The zero-order valence-corrected chi connectivity index (χ0v) is 11.5. The molecule has 0 aliphatic carbocycles. The molecule has 0 fully saturated rings. The minimum Gasteiger partial charge on any atom is -0.478 e. The highest BCUT2D eigenvalue weighted by atomic mass is 16.4. The first-order valence-electron chi connectivity index (χ1n) is 6.59. The van der Waals surface area contributed by atoms with E-state index in [4.69, 9.17) is 5.11 Å². The largest absolute Gasteiger partial charge is 0.478 e. The van der Waals surface area contributed by atoms with Crippen molar-refractivity contribution >= 4 is 5.97 Å². The molecule has 3 rings (SSSR count). The third kappa shape index (κ3) is 2.69. The topological polar surface area (TPSA) is 55.1 Å². The van der Waals surface area contributed by atoms with Gasteiger partial charge < -0.3 is 5.11 Å². The third-order valence-corrected chi connectivity index (χ3v) is 3.33. The summed E-state index contributed by atoms with van der Waals surface area (Å²) < 4.78 is 1.68. The van der Waals surface area contributed by atoms with E-state index in [1.54, 1.807) is 29.1 Å². The lowest BCUT2D eigenvalue weighted by molar-refractivity contribution is 0.0697. The molecule has 0 radical (unpaired) electrons. The number of hydrogen-bond donors (Lipinski definition) is 1. The Balaban J connectivity index is 1.96. The lowest BCUT2D eigenvalue weighted by atomic mass is 10.1. The number of benzene rings is 2. The van der Waals surface area contributed by atoms with Gasteiger partial charge in [-0.05, 0) is 30.7 Å². The Morgan fingerprint density at radius 3 is 2.57 bits per heavy atom. The molecular weight excluding hydrogens is 264 g/mol. The molecule has 21 heavy (non-hydrogen) atoms. The number of nitrogens with zero attached hydrogens (tertiary/aromatic N) is 2. The van der Waals surface area contributed by atoms with Gasteiger partial charge in [-0.25, -0.2) is 9.48 Å². The van der Waals surface area contributed by atoms with Crippen LogP contribution in [-0.4, -0.2) is 20.9 Å². The Hall–Kier alpha value is -2.88. The van der Waals surface area contributed by atoms with E-state index in [1.165, 1.54) is 5.56 Å². The average molecular weight is 278 g/mol. The molecule has 1 aromatic heterocycles. The van der Waals surface area contributed by atoms with E-state index >= 15 is 0 Å². The zero-order chi connectivity index (χ0) is 14.8. The molecular formula is C17H14N2O2. The van der Waals surface area contributed by atoms with Gasteiger partial charge in [0, 0.05) is 11.8 Å². The van der Waals surface area contributed by atoms with Crippen molar-refractivity contribution in [1.29, 1.82) is 0 Å². The summed E-state index contributed by atoms with van der Waals surface area (Å²) in [7, 11) is 0. The molecule has 0 aliphatic rings.